The molecular formula is C20H26F2N2O4. The number of halogens is 2. The predicted octanol–water partition coefficient (Wildman–Crippen LogP) is 3.54. The second-order valence-electron chi connectivity index (χ2n) is 7.01. The van der Waals surface area contributed by atoms with Crippen molar-refractivity contribution in [2.75, 3.05) is 26.9 Å². The van der Waals surface area contributed by atoms with Crippen molar-refractivity contribution < 1.29 is 27.8 Å². The first-order valence-corrected chi connectivity index (χ1v) is 9.16. The standard InChI is InChI=1S/C20H26F2N2O4/c1-12(2)7-8-24-13(3)17(19(25)28-10-9-27-4)18(23-20(24)26)15-6-5-14(21)11-16(15)22/h5-6,11-12,18H,7-10H2,1-4H3,(H,23,26)/t18-/m1/s1. The molecule has 0 spiro atoms. The molecule has 2 amide bonds. The van der Waals surface area contributed by atoms with Crippen LogP contribution in [0.5, 0.6) is 0 Å². The van der Waals surface area contributed by atoms with Gasteiger partial charge in [0.05, 0.1) is 18.2 Å². The SMILES string of the molecule is COCCOC(=O)C1=C(C)N(CCC(C)C)C(=O)N[C@@H]1c1ccc(F)cc1F. The average molecular weight is 396 g/mol. The van der Waals surface area contributed by atoms with Crippen LogP contribution in [0.15, 0.2) is 29.5 Å². The highest BCUT2D eigenvalue weighted by atomic mass is 19.1. The van der Waals surface area contributed by atoms with E-state index >= 15 is 0 Å². The molecule has 0 saturated heterocycles. The van der Waals surface area contributed by atoms with Crippen LogP contribution in [0.3, 0.4) is 0 Å². The van der Waals surface area contributed by atoms with Crippen LogP contribution in [0.2, 0.25) is 0 Å². The molecule has 0 bridgehead atoms. The number of carbonyl (C=O) groups is 2. The second kappa shape index (κ2) is 9.64. The Morgan fingerprint density at radius 2 is 2.00 bits per heavy atom. The number of benzene rings is 1. The van der Waals surface area contributed by atoms with E-state index in [1.165, 1.54) is 18.1 Å². The zero-order chi connectivity index (χ0) is 20.8. The van der Waals surface area contributed by atoms with Crippen LogP contribution in [-0.4, -0.2) is 43.8 Å². The van der Waals surface area contributed by atoms with E-state index in [0.29, 0.717) is 18.2 Å². The third-order valence-electron chi connectivity index (χ3n) is 4.54. The third-order valence-corrected chi connectivity index (χ3v) is 4.54. The molecule has 6 nitrogen and oxygen atoms in total. The summed E-state index contributed by atoms with van der Waals surface area (Å²) in [5.41, 5.74) is 0.502. The van der Waals surface area contributed by atoms with Crippen molar-refractivity contribution >= 4 is 12.0 Å². The number of nitrogens with zero attached hydrogens (tertiary/aromatic N) is 1. The van der Waals surface area contributed by atoms with Gasteiger partial charge >= 0.3 is 12.0 Å². The van der Waals surface area contributed by atoms with E-state index in [4.69, 9.17) is 9.47 Å². The lowest BCUT2D eigenvalue weighted by molar-refractivity contribution is -0.140. The first kappa shape index (κ1) is 21.8. The molecule has 8 heteroatoms. The molecule has 0 radical (unpaired) electrons. The molecule has 0 saturated carbocycles. The maximum Gasteiger partial charge on any atom is 0.338 e. The number of hydrogen-bond donors (Lipinski definition) is 1. The highest BCUT2D eigenvalue weighted by Crippen LogP contribution is 2.33. The zero-order valence-corrected chi connectivity index (χ0v) is 16.6. The maximum atomic E-state index is 14.4. The van der Waals surface area contributed by atoms with Crippen LogP contribution >= 0.6 is 0 Å². The van der Waals surface area contributed by atoms with Crippen LogP contribution in [0.4, 0.5) is 13.6 Å². The molecular weight excluding hydrogens is 370 g/mol. The molecule has 1 aliphatic rings. The Bertz CT molecular complexity index is 765. The van der Waals surface area contributed by atoms with Crippen molar-refractivity contribution in [3.05, 3.63) is 46.7 Å². The molecule has 28 heavy (non-hydrogen) atoms. The van der Waals surface area contributed by atoms with Crippen LogP contribution in [0, 0.1) is 17.6 Å². The van der Waals surface area contributed by atoms with E-state index in [1.807, 2.05) is 13.8 Å². The molecule has 0 aliphatic carbocycles. The second-order valence-corrected chi connectivity index (χ2v) is 7.01. The minimum absolute atomic E-state index is 0.00342. The number of ether oxygens (including phenoxy) is 2. The average Bonchev–Trinajstić information content (AvgIpc) is 2.61. The summed E-state index contributed by atoms with van der Waals surface area (Å²) in [6.45, 7) is 6.31. The van der Waals surface area contributed by atoms with Crippen LogP contribution < -0.4 is 5.32 Å². The molecule has 154 valence electrons. The van der Waals surface area contributed by atoms with E-state index in [0.717, 1.165) is 18.6 Å². The number of hydrogen-bond acceptors (Lipinski definition) is 4. The Morgan fingerprint density at radius 1 is 1.29 bits per heavy atom. The van der Waals surface area contributed by atoms with Gasteiger partial charge in [-0.1, -0.05) is 19.9 Å². The van der Waals surface area contributed by atoms with E-state index in [9.17, 15) is 18.4 Å². The molecule has 1 N–H and O–H groups in total. The summed E-state index contributed by atoms with van der Waals surface area (Å²) in [5.74, 6) is -1.93. The lowest BCUT2D eigenvalue weighted by Gasteiger charge is -2.35. The minimum Gasteiger partial charge on any atom is -0.460 e. The Labute approximate surface area is 163 Å². The quantitative estimate of drug-likeness (QED) is 0.539. The summed E-state index contributed by atoms with van der Waals surface area (Å²) in [4.78, 5) is 26.8. The number of amides is 2. The summed E-state index contributed by atoms with van der Waals surface area (Å²) >= 11 is 0. The highest BCUT2D eigenvalue weighted by Gasteiger charge is 2.37. The molecule has 0 fully saturated rings. The molecule has 0 aromatic heterocycles. The van der Waals surface area contributed by atoms with Crippen molar-refractivity contribution in [1.82, 2.24) is 10.2 Å². The van der Waals surface area contributed by atoms with Gasteiger partial charge in [-0.3, -0.25) is 4.90 Å². The summed E-state index contributed by atoms with van der Waals surface area (Å²) in [6, 6.07) is 1.50. The Morgan fingerprint density at radius 3 is 2.61 bits per heavy atom. The highest BCUT2D eigenvalue weighted by molar-refractivity contribution is 5.95. The third kappa shape index (κ3) is 5.07. The number of esters is 1. The van der Waals surface area contributed by atoms with E-state index < -0.39 is 29.7 Å². The van der Waals surface area contributed by atoms with Gasteiger partial charge in [0.1, 0.15) is 18.2 Å². The first-order chi connectivity index (χ1) is 13.3. The first-order valence-electron chi connectivity index (χ1n) is 9.16. The molecule has 2 rings (SSSR count). The van der Waals surface area contributed by atoms with Crippen LogP contribution in [-0.2, 0) is 14.3 Å². The summed E-state index contributed by atoms with van der Waals surface area (Å²) in [5, 5.41) is 2.65. The monoisotopic (exact) mass is 396 g/mol. The molecule has 1 atom stereocenters. The van der Waals surface area contributed by atoms with E-state index in [2.05, 4.69) is 5.32 Å². The lowest BCUT2D eigenvalue weighted by atomic mass is 9.94. The summed E-state index contributed by atoms with van der Waals surface area (Å²) in [6.07, 6.45) is 0.729. The van der Waals surface area contributed by atoms with E-state index in [1.54, 1.807) is 6.92 Å². The van der Waals surface area contributed by atoms with Gasteiger partial charge in [-0.2, -0.15) is 0 Å². The van der Waals surface area contributed by atoms with Gasteiger partial charge in [0.2, 0.25) is 0 Å². The topological polar surface area (TPSA) is 67.9 Å². The smallest absolute Gasteiger partial charge is 0.338 e. The van der Waals surface area contributed by atoms with Crippen LogP contribution in [0.1, 0.15) is 38.8 Å². The number of urea groups is 1. The van der Waals surface area contributed by atoms with Gasteiger partial charge in [0.25, 0.3) is 0 Å². The van der Waals surface area contributed by atoms with Crippen molar-refractivity contribution in [1.29, 1.82) is 0 Å². The number of carbonyl (C=O) groups excluding carboxylic acids is 2. The Hall–Kier alpha value is -2.48. The number of allylic oxidation sites excluding steroid dienone is 1. The van der Waals surface area contributed by atoms with Gasteiger partial charge < -0.3 is 14.8 Å². The van der Waals surface area contributed by atoms with Crippen LogP contribution in [0.25, 0.3) is 0 Å². The number of methoxy groups -OCH3 is 1. The molecule has 1 heterocycles. The molecule has 1 aromatic carbocycles. The fourth-order valence-corrected chi connectivity index (χ4v) is 2.97. The molecule has 0 unspecified atom stereocenters. The molecule has 1 aliphatic heterocycles. The number of rotatable bonds is 8. The Kier molecular flexibility index (Phi) is 7.51. The predicted molar refractivity (Wildman–Crippen MR) is 99.3 cm³/mol. The lowest BCUT2D eigenvalue weighted by Crippen LogP contribution is -2.48. The van der Waals surface area contributed by atoms with Crippen molar-refractivity contribution in [2.45, 2.75) is 33.2 Å². The fourth-order valence-electron chi connectivity index (χ4n) is 2.97. The normalized spacial score (nSPS) is 17.2. The van der Waals surface area contributed by atoms with Gasteiger partial charge in [-0.15, -0.1) is 0 Å². The Balaban J connectivity index is 2.44. The van der Waals surface area contributed by atoms with Crippen molar-refractivity contribution in [3.63, 3.8) is 0 Å². The minimum atomic E-state index is -1.07. The van der Waals surface area contributed by atoms with Gasteiger partial charge in [-0.25, -0.2) is 18.4 Å². The van der Waals surface area contributed by atoms with E-state index in [-0.39, 0.29) is 24.4 Å². The molecule has 1 aromatic rings. The summed E-state index contributed by atoms with van der Waals surface area (Å²) in [7, 11) is 1.48. The summed E-state index contributed by atoms with van der Waals surface area (Å²) < 4.78 is 37.8. The number of nitrogens with one attached hydrogen (secondary N) is 1. The van der Waals surface area contributed by atoms with Gasteiger partial charge in [0, 0.05) is 31.0 Å². The van der Waals surface area contributed by atoms with Crippen molar-refractivity contribution in [2.24, 2.45) is 5.92 Å². The zero-order valence-electron chi connectivity index (χ0n) is 16.6. The van der Waals surface area contributed by atoms with Gasteiger partial charge in [0.15, 0.2) is 0 Å². The van der Waals surface area contributed by atoms with Crippen molar-refractivity contribution in [3.8, 4) is 0 Å². The van der Waals surface area contributed by atoms with Gasteiger partial charge in [-0.05, 0) is 25.3 Å². The maximum absolute atomic E-state index is 14.4. The largest absolute Gasteiger partial charge is 0.460 e. The fraction of sp³-hybridized carbons (Fsp3) is 0.500.